The van der Waals surface area contributed by atoms with Gasteiger partial charge in [-0.2, -0.15) is 0 Å². The van der Waals surface area contributed by atoms with Gasteiger partial charge in [0.1, 0.15) is 16.0 Å². The first-order chi connectivity index (χ1) is 8.01. The fourth-order valence-corrected chi connectivity index (χ4v) is 1.62. The molecular formula is C10H10BrF2NO3. The van der Waals surface area contributed by atoms with Crippen LogP contribution in [0.25, 0.3) is 0 Å². The monoisotopic (exact) mass is 309 g/mol. The Balaban J connectivity index is 3.22. The molecule has 7 heteroatoms. The maximum atomic E-state index is 12.6. The summed E-state index contributed by atoms with van der Waals surface area (Å²) in [4.78, 5) is 15.1. The smallest absolute Gasteiger partial charge is 0.341 e. The van der Waals surface area contributed by atoms with Crippen LogP contribution in [0.2, 0.25) is 0 Å². The van der Waals surface area contributed by atoms with Gasteiger partial charge in [-0.25, -0.2) is 18.6 Å². The van der Waals surface area contributed by atoms with Crippen LogP contribution >= 0.6 is 15.9 Å². The minimum atomic E-state index is -2.78. The molecular weight excluding hydrogens is 300 g/mol. The Morgan fingerprint density at radius 1 is 1.59 bits per heavy atom. The Kier molecular flexibility index (Phi) is 4.80. The minimum Gasteiger partial charge on any atom is -0.495 e. The molecule has 4 nitrogen and oxygen atoms in total. The number of ether oxygens (including phenoxy) is 2. The molecule has 1 aromatic heterocycles. The van der Waals surface area contributed by atoms with Gasteiger partial charge in [-0.3, -0.25) is 0 Å². The van der Waals surface area contributed by atoms with E-state index in [9.17, 15) is 13.6 Å². The number of carbonyl (C=O) groups excluding carboxylic acids is 1. The molecule has 0 atom stereocenters. The summed E-state index contributed by atoms with van der Waals surface area (Å²) in [6, 6.07) is 1.18. The van der Waals surface area contributed by atoms with Crippen molar-refractivity contribution in [3.8, 4) is 5.75 Å². The van der Waals surface area contributed by atoms with Crippen LogP contribution in [0.1, 0.15) is 29.4 Å². The third kappa shape index (κ3) is 3.12. The molecule has 94 valence electrons. The van der Waals surface area contributed by atoms with E-state index in [0.29, 0.717) is 0 Å². The van der Waals surface area contributed by atoms with E-state index in [1.165, 1.54) is 13.2 Å². The maximum Gasteiger partial charge on any atom is 0.341 e. The van der Waals surface area contributed by atoms with Crippen molar-refractivity contribution in [2.24, 2.45) is 0 Å². The van der Waals surface area contributed by atoms with E-state index in [1.807, 2.05) is 0 Å². The Morgan fingerprint density at radius 2 is 2.24 bits per heavy atom. The number of nitrogens with zero attached hydrogens (tertiary/aromatic N) is 1. The van der Waals surface area contributed by atoms with Gasteiger partial charge >= 0.3 is 5.97 Å². The second-order valence-electron chi connectivity index (χ2n) is 2.94. The fourth-order valence-electron chi connectivity index (χ4n) is 1.16. The predicted molar refractivity (Wildman–Crippen MR) is 59.4 cm³/mol. The molecule has 0 fully saturated rings. The van der Waals surface area contributed by atoms with Gasteiger partial charge in [-0.1, -0.05) is 0 Å². The summed E-state index contributed by atoms with van der Waals surface area (Å²) >= 11 is 2.95. The minimum absolute atomic E-state index is 0.00653. The molecule has 0 radical (unpaired) electrons. The second-order valence-corrected chi connectivity index (χ2v) is 3.69. The van der Waals surface area contributed by atoms with Crippen LogP contribution in [0.5, 0.6) is 5.75 Å². The van der Waals surface area contributed by atoms with Gasteiger partial charge in [0.05, 0.1) is 19.3 Å². The molecule has 0 N–H and O–H groups in total. The van der Waals surface area contributed by atoms with E-state index in [-0.39, 0.29) is 22.5 Å². The molecule has 0 amide bonds. The van der Waals surface area contributed by atoms with Crippen molar-refractivity contribution in [2.45, 2.75) is 13.3 Å². The van der Waals surface area contributed by atoms with Crippen molar-refractivity contribution >= 4 is 21.9 Å². The lowest BCUT2D eigenvalue weighted by Crippen LogP contribution is -2.09. The quantitative estimate of drug-likeness (QED) is 0.634. The molecule has 0 aliphatic carbocycles. The third-order valence-electron chi connectivity index (χ3n) is 1.89. The molecule has 0 saturated carbocycles. The number of hydrogen-bond donors (Lipinski definition) is 0. The number of alkyl halides is 2. The molecule has 0 aliphatic rings. The van der Waals surface area contributed by atoms with Crippen molar-refractivity contribution in [1.82, 2.24) is 4.98 Å². The van der Waals surface area contributed by atoms with Gasteiger partial charge in [-0.05, 0) is 28.9 Å². The normalized spacial score (nSPS) is 10.5. The Bertz CT molecular complexity index is 426. The molecule has 0 unspecified atom stereocenters. The number of rotatable bonds is 4. The van der Waals surface area contributed by atoms with E-state index in [4.69, 9.17) is 9.47 Å². The van der Waals surface area contributed by atoms with Crippen LogP contribution in [0.15, 0.2) is 10.7 Å². The van der Waals surface area contributed by atoms with E-state index in [1.54, 1.807) is 6.92 Å². The lowest BCUT2D eigenvalue weighted by Gasteiger charge is -2.10. The number of halogens is 3. The summed E-state index contributed by atoms with van der Waals surface area (Å²) in [6.07, 6.45) is -2.78. The van der Waals surface area contributed by atoms with Crippen molar-refractivity contribution in [3.63, 3.8) is 0 Å². The zero-order chi connectivity index (χ0) is 13.0. The van der Waals surface area contributed by atoms with Gasteiger partial charge in [0.15, 0.2) is 0 Å². The van der Waals surface area contributed by atoms with Crippen molar-refractivity contribution in [2.75, 3.05) is 13.7 Å². The molecule has 0 aromatic carbocycles. The van der Waals surface area contributed by atoms with Crippen molar-refractivity contribution < 1.29 is 23.0 Å². The second kappa shape index (κ2) is 5.90. The zero-order valence-electron chi connectivity index (χ0n) is 9.17. The van der Waals surface area contributed by atoms with Crippen molar-refractivity contribution in [1.29, 1.82) is 0 Å². The predicted octanol–water partition coefficient (Wildman–Crippen LogP) is 2.97. The standard InChI is InChI=1S/C10H10BrF2NO3/c1-3-17-10(15)5-4-6(16-2)7(9(12)13)14-8(5)11/h4,9H,3H2,1-2H3. The summed E-state index contributed by atoms with van der Waals surface area (Å²) in [6.45, 7) is 1.83. The highest BCUT2D eigenvalue weighted by molar-refractivity contribution is 9.10. The maximum absolute atomic E-state index is 12.6. The van der Waals surface area contributed by atoms with Crippen LogP contribution in [0.4, 0.5) is 8.78 Å². The highest BCUT2D eigenvalue weighted by atomic mass is 79.9. The molecule has 17 heavy (non-hydrogen) atoms. The van der Waals surface area contributed by atoms with Crippen LogP contribution in [0, 0.1) is 0 Å². The Morgan fingerprint density at radius 3 is 2.71 bits per heavy atom. The largest absolute Gasteiger partial charge is 0.495 e. The molecule has 1 rings (SSSR count). The highest BCUT2D eigenvalue weighted by Crippen LogP contribution is 2.31. The van der Waals surface area contributed by atoms with Gasteiger partial charge in [-0.15, -0.1) is 0 Å². The van der Waals surface area contributed by atoms with Crippen LogP contribution < -0.4 is 4.74 Å². The molecule has 0 bridgehead atoms. The summed E-state index contributed by atoms with van der Waals surface area (Å²) in [5.41, 5.74) is -0.472. The van der Waals surface area contributed by atoms with Gasteiger partial charge < -0.3 is 9.47 Å². The van der Waals surface area contributed by atoms with Gasteiger partial charge in [0.25, 0.3) is 6.43 Å². The average molecular weight is 310 g/mol. The Hall–Kier alpha value is -1.24. The first kappa shape index (κ1) is 13.8. The van der Waals surface area contributed by atoms with Crippen LogP contribution in [0.3, 0.4) is 0 Å². The first-order valence-electron chi connectivity index (χ1n) is 4.71. The number of pyridine rings is 1. The summed E-state index contributed by atoms with van der Waals surface area (Å²) in [5, 5.41) is 0. The van der Waals surface area contributed by atoms with Gasteiger partial charge in [0.2, 0.25) is 0 Å². The molecule has 0 aliphatic heterocycles. The first-order valence-corrected chi connectivity index (χ1v) is 5.50. The third-order valence-corrected chi connectivity index (χ3v) is 2.50. The Labute approximate surface area is 105 Å². The SMILES string of the molecule is CCOC(=O)c1cc(OC)c(C(F)F)nc1Br. The zero-order valence-corrected chi connectivity index (χ0v) is 10.8. The highest BCUT2D eigenvalue weighted by Gasteiger charge is 2.22. The molecule has 1 heterocycles. The van der Waals surface area contributed by atoms with E-state index < -0.39 is 18.1 Å². The van der Waals surface area contributed by atoms with E-state index in [0.717, 1.165) is 0 Å². The summed E-state index contributed by atoms with van der Waals surface area (Å²) < 4.78 is 34.7. The topological polar surface area (TPSA) is 48.4 Å². The number of hydrogen-bond acceptors (Lipinski definition) is 4. The average Bonchev–Trinajstić information content (AvgIpc) is 2.28. The number of carbonyl (C=O) groups is 1. The number of methoxy groups -OCH3 is 1. The number of esters is 1. The fraction of sp³-hybridized carbons (Fsp3) is 0.400. The summed E-state index contributed by atoms with van der Waals surface area (Å²) in [5.74, 6) is -0.794. The molecule has 0 spiro atoms. The number of aromatic nitrogens is 1. The van der Waals surface area contributed by atoms with E-state index in [2.05, 4.69) is 20.9 Å². The molecule has 0 saturated heterocycles. The summed E-state index contributed by atoms with van der Waals surface area (Å²) in [7, 11) is 1.23. The lowest BCUT2D eigenvalue weighted by molar-refractivity contribution is 0.0523. The van der Waals surface area contributed by atoms with Crippen LogP contribution in [-0.2, 0) is 4.74 Å². The van der Waals surface area contributed by atoms with Crippen LogP contribution in [-0.4, -0.2) is 24.7 Å². The molecule has 1 aromatic rings. The van der Waals surface area contributed by atoms with E-state index >= 15 is 0 Å². The lowest BCUT2D eigenvalue weighted by atomic mass is 10.2. The van der Waals surface area contributed by atoms with Crippen molar-refractivity contribution in [3.05, 3.63) is 21.9 Å². The van der Waals surface area contributed by atoms with Gasteiger partial charge in [0, 0.05) is 0 Å².